The van der Waals surface area contributed by atoms with Gasteiger partial charge in [-0.3, -0.25) is 0 Å². The van der Waals surface area contributed by atoms with E-state index in [0.29, 0.717) is 24.4 Å². The van der Waals surface area contributed by atoms with Gasteiger partial charge in [-0.05, 0) is 12.1 Å². The number of rotatable bonds is 5. The largest absolute Gasteiger partial charge is 0.410 e. The van der Waals surface area contributed by atoms with Crippen molar-refractivity contribution in [2.75, 3.05) is 44.8 Å². The fraction of sp³-hybridized carbons (Fsp3) is 0.467. The number of imidazole rings is 1. The molecule has 0 atom stereocenters. The van der Waals surface area contributed by atoms with Crippen molar-refractivity contribution in [1.29, 1.82) is 0 Å². The van der Waals surface area contributed by atoms with Crippen molar-refractivity contribution in [2.45, 2.75) is 6.54 Å². The third-order valence-electron chi connectivity index (χ3n) is 3.85. The summed E-state index contributed by atoms with van der Waals surface area (Å²) in [5.74, 6) is 1.24. The molecule has 0 bridgehead atoms. The van der Waals surface area contributed by atoms with E-state index in [9.17, 15) is 4.79 Å². The van der Waals surface area contributed by atoms with Gasteiger partial charge in [0.05, 0.1) is 12.1 Å². The van der Waals surface area contributed by atoms with Crippen LogP contribution in [0.3, 0.4) is 0 Å². The van der Waals surface area contributed by atoms with Crippen molar-refractivity contribution in [2.24, 2.45) is 5.73 Å². The van der Waals surface area contributed by atoms with Crippen LogP contribution in [0.15, 0.2) is 18.2 Å². The number of ether oxygens (including phenoxy) is 2. The van der Waals surface area contributed by atoms with Gasteiger partial charge in [0.1, 0.15) is 5.52 Å². The molecular formula is C15H21N5O3. The highest BCUT2D eigenvalue weighted by atomic mass is 16.5. The molecule has 124 valence electrons. The van der Waals surface area contributed by atoms with Crippen LogP contribution in [0.2, 0.25) is 0 Å². The Bertz CT molecular complexity index is 694. The first kappa shape index (κ1) is 15.6. The van der Waals surface area contributed by atoms with Gasteiger partial charge in [-0.1, -0.05) is 6.07 Å². The predicted molar refractivity (Wildman–Crippen MR) is 86.9 cm³/mol. The zero-order chi connectivity index (χ0) is 16.2. The van der Waals surface area contributed by atoms with Gasteiger partial charge in [0.2, 0.25) is 5.95 Å². The summed E-state index contributed by atoms with van der Waals surface area (Å²) >= 11 is 0. The van der Waals surface area contributed by atoms with Crippen LogP contribution in [-0.4, -0.2) is 55.5 Å². The number of anilines is 1. The summed E-state index contributed by atoms with van der Waals surface area (Å²) in [4.78, 5) is 18.0. The zero-order valence-electron chi connectivity index (χ0n) is 13.1. The molecule has 1 aromatic carbocycles. The number of nitrogens with zero attached hydrogens (tertiary/aromatic N) is 3. The number of primary amides is 1. The van der Waals surface area contributed by atoms with Crippen LogP contribution in [0.5, 0.6) is 5.75 Å². The van der Waals surface area contributed by atoms with Gasteiger partial charge in [-0.25, -0.2) is 9.78 Å². The molecule has 1 aromatic heterocycles. The van der Waals surface area contributed by atoms with Crippen LogP contribution < -0.4 is 20.7 Å². The Hall–Kier alpha value is -2.32. The van der Waals surface area contributed by atoms with Crippen LogP contribution in [0.1, 0.15) is 0 Å². The SMILES string of the molecule is COCCn1c(N2CCNCC2)nc2c(OC(N)=O)cccc21. The first-order chi connectivity index (χ1) is 11.2. The number of piperazine rings is 1. The maximum Gasteiger partial charge on any atom is 0.410 e. The number of methoxy groups -OCH3 is 1. The minimum Gasteiger partial charge on any atom is -0.408 e. The molecule has 1 saturated heterocycles. The van der Waals surface area contributed by atoms with Crippen LogP contribution in [0, 0.1) is 0 Å². The lowest BCUT2D eigenvalue weighted by molar-refractivity contribution is 0.188. The van der Waals surface area contributed by atoms with Crippen LogP contribution in [0.25, 0.3) is 11.0 Å². The predicted octanol–water partition coefficient (Wildman–Crippen LogP) is 0.550. The van der Waals surface area contributed by atoms with Crippen LogP contribution >= 0.6 is 0 Å². The molecule has 3 N–H and O–H groups in total. The number of hydrogen-bond acceptors (Lipinski definition) is 6. The molecule has 0 radical (unpaired) electrons. The molecule has 1 aliphatic rings. The Balaban J connectivity index is 2.07. The molecular weight excluding hydrogens is 298 g/mol. The number of fused-ring (bicyclic) bond motifs is 1. The lowest BCUT2D eigenvalue weighted by atomic mass is 10.3. The highest BCUT2D eigenvalue weighted by Gasteiger charge is 2.21. The topological polar surface area (TPSA) is 94.6 Å². The van der Waals surface area contributed by atoms with E-state index in [1.54, 1.807) is 13.2 Å². The van der Waals surface area contributed by atoms with Crippen molar-refractivity contribution in [3.8, 4) is 5.75 Å². The summed E-state index contributed by atoms with van der Waals surface area (Å²) < 4.78 is 12.4. The monoisotopic (exact) mass is 319 g/mol. The average molecular weight is 319 g/mol. The highest BCUT2D eigenvalue weighted by Crippen LogP contribution is 2.30. The van der Waals surface area contributed by atoms with E-state index in [1.807, 2.05) is 12.1 Å². The number of nitrogens with one attached hydrogen (secondary N) is 1. The maximum atomic E-state index is 11.1. The second-order valence-electron chi connectivity index (χ2n) is 5.34. The molecule has 0 unspecified atom stereocenters. The summed E-state index contributed by atoms with van der Waals surface area (Å²) in [6.45, 7) is 4.83. The van der Waals surface area contributed by atoms with Crippen LogP contribution in [0.4, 0.5) is 10.7 Å². The van der Waals surface area contributed by atoms with Crippen LogP contribution in [-0.2, 0) is 11.3 Å². The Morgan fingerprint density at radius 1 is 1.39 bits per heavy atom. The van der Waals surface area contributed by atoms with E-state index in [0.717, 1.165) is 37.6 Å². The molecule has 3 rings (SSSR count). The van der Waals surface area contributed by atoms with E-state index >= 15 is 0 Å². The summed E-state index contributed by atoms with van der Waals surface area (Å²) in [5.41, 5.74) is 6.68. The molecule has 1 amide bonds. The molecule has 1 fully saturated rings. The van der Waals surface area contributed by atoms with Gasteiger partial charge in [0.25, 0.3) is 0 Å². The number of para-hydroxylation sites is 1. The van der Waals surface area contributed by atoms with E-state index in [1.165, 1.54) is 0 Å². The van der Waals surface area contributed by atoms with Crippen molar-refractivity contribution in [3.05, 3.63) is 18.2 Å². The first-order valence-electron chi connectivity index (χ1n) is 7.62. The fourth-order valence-electron chi connectivity index (χ4n) is 2.81. The van der Waals surface area contributed by atoms with Crippen molar-refractivity contribution in [1.82, 2.24) is 14.9 Å². The second-order valence-corrected chi connectivity index (χ2v) is 5.34. The Labute approximate surface area is 134 Å². The van der Waals surface area contributed by atoms with E-state index in [-0.39, 0.29) is 0 Å². The second kappa shape index (κ2) is 6.84. The Morgan fingerprint density at radius 2 is 2.17 bits per heavy atom. The molecule has 0 aliphatic carbocycles. The number of benzene rings is 1. The molecule has 8 nitrogen and oxygen atoms in total. The van der Waals surface area contributed by atoms with E-state index < -0.39 is 6.09 Å². The van der Waals surface area contributed by atoms with Crippen molar-refractivity contribution in [3.63, 3.8) is 0 Å². The summed E-state index contributed by atoms with van der Waals surface area (Å²) in [6.07, 6.45) is -0.840. The lowest BCUT2D eigenvalue weighted by Crippen LogP contribution is -2.44. The minimum absolute atomic E-state index is 0.377. The number of aromatic nitrogens is 2. The zero-order valence-corrected chi connectivity index (χ0v) is 13.1. The quantitative estimate of drug-likeness (QED) is 0.836. The van der Waals surface area contributed by atoms with Gasteiger partial charge in [0.15, 0.2) is 5.75 Å². The maximum absolute atomic E-state index is 11.1. The number of nitrogens with two attached hydrogens (primary N) is 1. The Morgan fingerprint density at radius 3 is 2.87 bits per heavy atom. The standard InChI is InChI=1S/C15H21N5O3/c1-22-10-9-20-11-3-2-4-12(23-14(16)21)13(11)18-15(20)19-7-5-17-6-8-19/h2-4,17H,5-10H2,1H3,(H2,16,21). The molecule has 2 aromatic rings. The molecule has 8 heteroatoms. The van der Waals surface area contributed by atoms with Gasteiger partial charge in [0, 0.05) is 39.8 Å². The number of amides is 1. The number of carbonyl (C=O) groups is 1. The highest BCUT2D eigenvalue weighted by molar-refractivity contribution is 5.87. The number of carbonyl (C=O) groups excluding carboxylic acids is 1. The number of hydrogen-bond donors (Lipinski definition) is 2. The van der Waals surface area contributed by atoms with Crippen molar-refractivity contribution < 1.29 is 14.3 Å². The smallest absolute Gasteiger partial charge is 0.408 e. The Kier molecular flexibility index (Phi) is 4.63. The minimum atomic E-state index is -0.840. The third kappa shape index (κ3) is 3.22. The first-order valence-corrected chi connectivity index (χ1v) is 7.62. The summed E-state index contributed by atoms with van der Waals surface area (Å²) in [7, 11) is 1.67. The molecule has 2 heterocycles. The van der Waals surface area contributed by atoms with Gasteiger partial charge >= 0.3 is 6.09 Å². The normalized spacial score (nSPS) is 15.1. The van der Waals surface area contributed by atoms with Gasteiger partial charge < -0.3 is 30.0 Å². The van der Waals surface area contributed by atoms with Crippen molar-refractivity contribution >= 4 is 23.1 Å². The summed E-state index contributed by atoms with van der Waals surface area (Å²) in [5, 5.41) is 3.33. The third-order valence-corrected chi connectivity index (χ3v) is 3.85. The molecule has 1 aliphatic heterocycles. The molecule has 0 spiro atoms. The summed E-state index contributed by atoms with van der Waals surface area (Å²) in [6, 6.07) is 5.48. The van der Waals surface area contributed by atoms with E-state index in [4.69, 9.17) is 20.2 Å². The molecule has 23 heavy (non-hydrogen) atoms. The molecule has 0 saturated carbocycles. The lowest BCUT2D eigenvalue weighted by Gasteiger charge is -2.28. The van der Waals surface area contributed by atoms with Gasteiger partial charge in [-0.2, -0.15) is 0 Å². The average Bonchev–Trinajstić information content (AvgIpc) is 2.93. The van der Waals surface area contributed by atoms with E-state index in [2.05, 4.69) is 14.8 Å². The fourth-order valence-corrected chi connectivity index (χ4v) is 2.81. The van der Waals surface area contributed by atoms with Gasteiger partial charge in [-0.15, -0.1) is 0 Å².